The predicted octanol–water partition coefficient (Wildman–Crippen LogP) is 6.42. The number of H-pyrrole nitrogens is 1. The van der Waals surface area contributed by atoms with Crippen LogP contribution in [0.25, 0.3) is 22.2 Å². The molecule has 9 heteroatoms. The highest BCUT2D eigenvalue weighted by Crippen LogP contribution is 2.40. The van der Waals surface area contributed by atoms with Gasteiger partial charge in [-0.3, -0.25) is 9.07 Å². The number of hydrogen-bond donors (Lipinski definition) is 2. The quantitative estimate of drug-likeness (QED) is 0.317. The average molecular weight is 490 g/mol. The summed E-state index contributed by atoms with van der Waals surface area (Å²) in [7, 11) is 0. The zero-order valence-corrected chi connectivity index (χ0v) is 19.3. The summed E-state index contributed by atoms with van der Waals surface area (Å²) in [5.74, 6) is -1.47. The van der Waals surface area contributed by atoms with Crippen molar-refractivity contribution in [3.8, 4) is 11.1 Å². The molecule has 1 atom stereocenters. The van der Waals surface area contributed by atoms with Crippen molar-refractivity contribution in [3.63, 3.8) is 0 Å². The molecule has 1 fully saturated rings. The van der Waals surface area contributed by atoms with Gasteiger partial charge in [0.05, 0.1) is 17.3 Å². The van der Waals surface area contributed by atoms with E-state index in [2.05, 4.69) is 15.1 Å². The molecule has 0 radical (unpaired) electrons. The molecule has 1 aliphatic rings. The Balaban J connectivity index is 1.52. The zero-order chi connectivity index (χ0) is 23.1. The highest BCUT2D eigenvalue weighted by atomic mass is 35.5. The third-order valence-corrected chi connectivity index (χ3v) is 7.28. The third kappa shape index (κ3) is 4.14. The lowest BCUT2D eigenvalue weighted by Gasteiger charge is -2.26. The number of nitrogens with one attached hydrogen (secondary N) is 1. The van der Waals surface area contributed by atoms with E-state index >= 15 is 0 Å². The van der Waals surface area contributed by atoms with Crippen molar-refractivity contribution in [1.82, 2.24) is 19.7 Å². The van der Waals surface area contributed by atoms with E-state index in [0.29, 0.717) is 17.3 Å². The van der Waals surface area contributed by atoms with Gasteiger partial charge in [0.2, 0.25) is 0 Å². The van der Waals surface area contributed by atoms with E-state index in [0.717, 1.165) is 42.2 Å². The van der Waals surface area contributed by atoms with Crippen LogP contribution in [-0.2, 0) is 0 Å². The zero-order valence-electron chi connectivity index (χ0n) is 17.7. The fraction of sp³-hybridized carbons (Fsp3) is 0.333. The van der Waals surface area contributed by atoms with Crippen molar-refractivity contribution in [2.75, 3.05) is 6.67 Å². The van der Waals surface area contributed by atoms with Crippen LogP contribution in [0.1, 0.15) is 48.8 Å². The van der Waals surface area contributed by atoms with Gasteiger partial charge < -0.3 is 10.7 Å². The number of aromatic nitrogens is 4. The first kappa shape index (κ1) is 22.3. The number of pyridine rings is 1. The van der Waals surface area contributed by atoms with E-state index < -0.39 is 18.4 Å². The first-order valence-corrected chi connectivity index (χ1v) is 11.7. The fourth-order valence-electron chi connectivity index (χ4n) is 4.70. The first-order chi connectivity index (χ1) is 16.0. The van der Waals surface area contributed by atoms with Crippen LogP contribution in [0.2, 0.25) is 10.0 Å². The van der Waals surface area contributed by atoms with Gasteiger partial charge in [-0.1, -0.05) is 23.2 Å². The number of halogens is 4. The van der Waals surface area contributed by atoms with Crippen molar-refractivity contribution < 1.29 is 8.78 Å². The van der Waals surface area contributed by atoms with Crippen LogP contribution >= 0.6 is 23.2 Å². The number of aromatic amines is 1. The Hall–Kier alpha value is -2.48. The summed E-state index contributed by atoms with van der Waals surface area (Å²) in [6, 6.07) is 5.13. The molecule has 33 heavy (non-hydrogen) atoms. The van der Waals surface area contributed by atoms with Crippen molar-refractivity contribution in [3.05, 3.63) is 70.0 Å². The largest absolute Gasteiger partial charge is 0.346 e. The van der Waals surface area contributed by atoms with Crippen LogP contribution in [0.15, 0.2) is 43.0 Å². The second-order valence-corrected chi connectivity index (χ2v) is 9.39. The molecule has 1 aromatic carbocycles. The fourth-order valence-corrected chi connectivity index (χ4v) is 5.33. The lowest BCUT2D eigenvalue weighted by molar-refractivity contribution is 0.304. The topological polar surface area (TPSA) is 72.5 Å². The molecule has 1 saturated carbocycles. The molecule has 0 saturated heterocycles. The van der Waals surface area contributed by atoms with Crippen LogP contribution in [0.4, 0.5) is 8.78 Å². The van der Waals surface area contributed by atoms with Crippen LogP contribution in [0.3, 0.4) is 0 Å². The maximum Gasteiger partial charge on any atom is 0.142 e. The molecule has 0 bridgehead atoms. The second-order valence-electron chi connectivity index (χ2n) is 8.61. The van der Waals surface area contributed by atoms with Crippen molar-refractivity contribution in [2.45, 2.75) is 43.7 Å². The van der Waals surface area contributed by atoms with Crippen LogP contribution in [0, 0.1) is 5.82 Å². The lowest BCUT2D eigenvalue weighted by Crippen LogP contribution is -2.27. The summed E-state index contributed by atoms with van der Waals surface area (Å²) in [6.45, 7) is -0.790. The third-order valence-electron chi connectivity index (χ3n) is 6.57. The number of nitrogens with zero attached hydrogens (tertiary/aromatic N) is 3. The van der Waals surface area contributed by atoms with E-state index in [-0.39, 0.29) is 21.7 Å². The van der Waals surface area contributed by atoms with E-state index in [9.17, 15) is 8.78 Å². The molecule has 3 N–H and O–H groups in total. The number of fused-ring (bicyclic) bond motifs is 1. The second kappa shape index (κ2) is 9.05. The van der Waals surface area contributed by atoms with E-state index in [4.69, 9.17) is 28.9 Å². The maximum absolute atomic E-state index is 14.3. The Kier molecular flexibility index (Phi) is 6.12. The molecule has 0 spiro atoms. The number of nitrogens with two attached hydrogens (primary N) is 1. The van der Waals surface area contributed by atoms with Gasteiger partial charge in [-0.25, -0.2) is 9.37 Å². The summed E-state index contributed by atoms with van der Waals surface area (Å²) in [6.07, 6.45) is 11.3. The molecule has 4 aromatic rings. The van der Waals surface area contributed by atoms with Gasteiger partial charge in [0.15, 0.2) is 0 Å². The Bertz CT molecular complexity index is 1290. The van der Waals surface area contributed by atoms with Gasteiger partial charge >= 0.3 is 0 Å². The van der Waals surface area contributed by atoms with Gasteiger partial charge in [0.1, 0.15) is 18.1 Å². The smallest absolute Gasteiger partial charge is 0.142 e. The molecule has 172 valence electrons. The van der Waals surface area contributed by atoms with E-state index in [1.54, 1.807) is 12.4 Å². The minimum Gasteiger partial charge on any atom is -0.346 e. The van der Waals surface area contributed by atoms with Gasteiger partial charge in [0.25, 0.3) is 0 Å². The standard InChI is InChI=1S/C24H23Cl2F2N5/c25-20-5-6-21(28)23(26)22(20)18(8-27)19-11-31-24-17(19)7-13(9-30-24)14-10-32-33(12-14)16-3-1-15(29)2-4-16/h5-7,9-12,15-16,18H,1-4,8,29H2,(H,30,31)/t15?,16?,18-/m0/s1. The highest BCUT2D eigenvalue weighted by Gasteiger charge is 2.26. The van der Waals surface area contributed by atoms with Gasteiger partial charge in [-0.15, -0.1) is 0 Å². The Morgan fingerprint density at radius 3 is 2.70 bits per heavy atom. The molecule has 3 heterocycles. The molecule has 0 amide bonds. The highest BCUT2D eigenvalue weighted by molar-refractivity contribution is 6.36. The molecule has 5 rings (SSSR count). The molecular formula is C24H23Cl2F2N5. The maximum atomic E-state index is 14.3. The number of rotatable bonds is 5. The molecule has 1 aliphatic carbocycles. The van der Waals surface area contributed by atoms with E-state index in [1.165, 1.54) is 12.1 Å². The van der Waals surface area contributed by atoms with Crippen molar-refractivity contribution in [1.29, 1.82) is 0 Å². The van der Waals surface area contributed by atoms with Gasteiger partial charge in [-0.05, 0) is 49.4 Å². The summed E-state index contributed by atoms with van der Waals surface area (Å²) < 4.78 is 30.4. The van der Waals surface area contributed by atoms with Gasteiger partial charge in [0, 0.05) is 57.6 Å². The van der Waals surface area contributed by atoms with Crippen molar-refractivity contribution in [2.24, 2.45) is 5.73 Å². The monoisotopic (exact) mass is 489 g/mol. The van der Waals surface area contributed by atoms with Crippen LogP contribution in [0.5, 0.6) is 0 Å². The summed E-state index contributed by atoms with van der Waals surface area (Å²) in [5.41, 5.74) is 9.26. The minimum atomic E-state index is -0.833. The minimum absolute atomic E-state index is 0.169. The molecule has 0 unspecified atom stereocenters. The van der Waals surface area contributed by atoms with Crippen LogP contribution < -0.4 is 5.73 Å². The average Bonchev–Trinajstić information content (AvgIpc) is 3.47. The number of hydrogen-bond acceptors (Lipinski definition) is 3. The summed E-state index contributed by atoms with van der Waals surface area (Å²) >= 11 is 12.5. The molecule has 0 aliphatic heterocycles. The van der Waals surface area contributed by atoms with Crippen LogP contribution in [-0.4, -0.2) is 32.5 Å². The van der Waals surface area contributed by atoms with Gasteiger partial charge in [-0.2, -0.15) is 5.10 Å². The summed E-state index contributed by atoms with van der Waals surface area (Å²) in [5, 5.41) is 5.34. The normalized spacial score (nSPS) is 19.8. The summed E-state index contributed by atoms with van der Waals surface area (Å²) in [4.78, 5) is 7.59. The Morgan fingerprint density at radius 1 is 1.15 bits per heavy atom. The van der Waals surface area contributed by atoms with Crippen molar-refractivity contribution >= 4 is 34.2 Å². The molecular weight excluding hydrogens is 467 g/mol. The molecule has 3 aromatic heterocycles. The van der Waals surface area contributed by atoms with E-state index in [1.807, 2.05) is 23.1 Å². The lowest BCUT2D eigenvalue weighted by atomic mass is 9.91. The number of alkyl halides is 1. The Labute approximate surface area is 199 Å². The molecule has 5 nitrogen and oxygen atoms in total. The SMILES string of the molecule is NC1CCC(n2cc(-c3cnc4[nH]cc([C@H](CF)c5c(Cl)ccc(F)c5Cl)c4c3)cn2)CC1. The number of benzene rings is 1. The Morgan fingerprint density at radius 2 is 1.94 bits per heavy atom. The first-order valence-electron chi connectivity index (χ1n) is 10.9. The predicted molar refractivity (Wildman–Crippen MR) is 127 cm³/mol.